The van der Waals surface area contributed by atoms with Gasteiger partial charge < -0.3 is 9.47 Å². The van der Waals surface area contributed by atoms with Crippen LogP contribution < -0.4 is 0 Å². The van der Waals surface area contributed by atoms with Gasteiger partial charge in [-0.2, -0.15) is 5.10 Å². The molecule has 28 heavy (non-hydrogen) atoms. The van der Waals surface area contributed by atoms with Gasteiger partial charge in [-0.25, -0.2) is 4.68 Å². The van der Waals surface area contributed by atoms with Crippen molar-refractivity contribution < 1.29 is 14.3 Å². The predicted molar refractivity (Wildman–Crippen MR) is 107 cm³/mol. The summed E-state index contributed by atoms with van der Waals surface area (Å²) in [5.74, 6) is 0.598. The standard InChI is InChI=1S/C19H27N5O3S/c1-3-27-18(25)16-5-4-10-22(13-16)14-24-19(28)23(11-12-26-2)17(21-24)15-6-8-20-9-7-15/h6-9,16H,3-5,10-14H2,1-2H3/t16-/m1/s1. The summed E-state index contributed by atoms with van der Waals surface area (Å²) in [6, 6.07) is 3.84. The molecule has 8 nitrogen and oxygen atoms in total. The topological polar surface area (TPSA) is 74.4 Å². The highest BCUT2D eigenvalue weighted by Gasteiger charge is 2.27. The number of pyridine rings is 1. The van der Waals surface area contributed by atoms with Crippen LogP contribution in [0.5, 0.6) is 0 Å². The van der Waals surface area contributed by atoms with Crippen LogP contribution in [0.15, 0.2) is 24.5 Å². The maximum absolute atomic E-state index is 12.1. The zero-order valence-electron chi connectivity index (χ0n) is 16.4. The summed E-state index contributed by atoms with van der Waals surface area (Å²) in [7, 11) is 1.67. The summed E-state index contributed by atoms with van der Waals surface area (Å²) in [5, 5.41) is 4.77. The summed E-state index contributed by atoms with van der Waals surface area (Å²) in [4.78, 5) is 18.4. The fraction of sp³-hybridized carbons (Fsp3) is 0.579. The second-order valence-electron chi connectivity index (χ2n) is 6.80. The fourth-order valence-electron chi connectivity index (χ4n) is 3.46. The first-order valence-corrected chi connectivity index (χ1v) is 10.0. The number of carbonyl (C=O) groups is 1. The molecule has 0 aliphatic carbocycles. The quantitative estimate of drug-likeness (QED) is 0.493. The molecule has 2 aromatic heterocycles. The van der Waals surface area contributed by atoms with Gasteiger partial charge in [0.25, 0.3) is 0 Å². The van der Waals surface area contributed by atoms with E-state index in [4.69, 9.17) is 26.8 Å². The Kier molecular flexibility index (Phi) is 7.30. The van der Waals surface area contributed by atoms with Gasteiger partial charge >= 0.3 is 5.97 Å². The lowest BCUT2D eigenvalue weighted by molar-refractivity contribution is -0.150. The van der Waals surface area contributed by atoms with Crippen molar-refractivity contribution in [3.8, 4) is 11.4 Å². The molecule has 1 aliphatic heterocycles. The molecule has 3 heterocycles. The summed E-state index contributed by atoms with van der Waals surface area (Å²) < 4.78 is 14.9. The molecule has 0 saturated carbocycles. The SMILES string of the molecule is CCOC(=O)[C@@H]1CCCN(Cn2nc(-c3ccncc3)n(CCOC)c2=S)C1. The highest BCUT2D eigenvalue weighted by Crippen LogP contribution is 2.21. The second kappa shape index (κ2) is 9.90. The molecule has 1 aliphatic rings. The maximum Gasteiger partial charge on any atom is 0.310 e. The van der Waals surface area contributed by atoms with E-state index in [1.54, 1.807) is 19.5 Å². The first-order valence-electron chi connectivity index (χ1n) is 9.60. The lowest BCUT2D eigenvalue weighted by Gasteiger charge is -2.31. The summed E-state index contributed by atoms with van der Waals surface area (Å²) in [6.07, 6.45) is 5.31. The van der Waals surface area contributed by atoms with Gasteiger partial charge in [0.15, 0.2) is 10.6 Å². The number of likely N-dealkylation sites (tertiary alicyclic amines) is 1. The average Bonchev–Trinajstić information content (AvgIpc) is 3.03. The van der Waals surface area contributed by atoms with E-state index in [0.717, 1.165) is 30.8 Å². The third kappa shape index (κ3) is 4.84. The van der Waals surface area contributed by atoms with E-state index in [-0.39, 0.29) is 11.9 Å². The van der Waals surface area contributed by atoms with E-state index in [2.05, 4.69) is 9.88 Å². The molecule has 0 N–H and O–H groups in total. The van der Waals surface area contributed by atoms with Gasteiger partial charge in [0.1, 0.15) is 0 Å². The van der Waals surface area contributed by atoms with Crippen molar-refractivity contribution in [1.29, 1.82) is 0 Å². The molecular formula is C19H27N5O3S. The molecule has 9 heteroatoms. The van der Waals surface area contributed by atoms with Crippen LogP contribution in [0.4, 0.5) is 0 Å². The average molecular weight is 406 g/mol. The molecule has 1 fully saturated rings. The van der Waals surface area contributed by atoms with Crippen molar-refractivity contribution in [2.45, 2.75) is 33.0 Å². The maximum atomic E-state index is 12.1. The van der Waals surface area contributed by atoms with E-state index in [1.165, 1.54) is 0 Å². The molecule has 1 saturated heterocycles. The largest absolute Gasteiger partial charge is 0.466 e. The molecule has 0 amide bonds. The number of rotatable bonds is 8. The number of methoxy groups -OCH3 is 1. The van der Waals surface area contributed by atoms with Crippen molar-refractivity contribution in [3.05, 3.63) is 29.3 Å². The molecule has 0 radical (unpaired) electrons. The summed E-state index contributed by atoms with van der Waals surface area (Å²) in [5.41, 5.74) is 0.957. The summed E-state index contributed by atoms with van der Waals surface area (Å²) in [6.45, 7) is 5.55. The van der Waals surface area contributed by atoms with Crippen molar-refractivity contribution in [1.82, 2.24) is 24.2 Å². The Hall–Kier alpha value is -2.10. The predicted octanol–water partition coefficient (Wildman–Crippen LogP) is 2.36. The van der Waals surface area contributed by atoms with Crippen LogP contribution in [0.2, 0.25) is 0 Å². The minimum atomic E-state index is -0.112. The minimum Gasteiger partial charge on any atom is -0.466 e. The smallest absolute Gasteiger partial charge is 0.310 e. The number of carbonyl (C=O) groups excluding carboxylic acids is 1. The Labute approximate surface area is 170 Å². The highest BCUT2D eigenvalue weighted by molar-refractivity contribution is 7.71. The number of hydrogen-bond donors (Lipinski definition) is 0. The molecule has 0 aromatic carbocycles. The minimum absolute atomic E-state index is 0.0851. The van der Waals surface area contributed by atoms with Crippen molar-refractivity contribution >= 4 is 18.2 Å². The van der Waals surface area contributed by atoms with Crippen LogP contribution in [0, 0.1) is 10.7 Å². The second-order valence-corrected chi connectivity index (χ2v) is 7.16. The van der Waals surface area contributed by atoms with E-state index in [0.29, 0.717) is 37.7 Å². The molecule has 3 rings (SSSR count). The summed E-state index contributed by atoms with van der Waals surface area (Å²) >= 11 is 5.69. The number of aromatic nitrogens is 4. The Morgan fingerprint density at radius 1 is 1.36 bits per heavy atom. The first kappa shape index (κ1) is 20.6. The van der Waals surface area contributed by atoms with E-state index < -0.39 is 0 Å². The number of ether oxygens (including phenoxy) is 2. The van der Waals surface area contributed by atoms with Gasteiger partial charge in [-0.05, 0) is 50.7 Å². The zero-order valence-corrected chi connectivity index (χ0v) is 17.2. The molecule has 1 atom stereocenters. The van der Waals surface area contributed by atoms with E-state index >= 15 is 0 Å². The van der Waals surface area contributed by atoms with Gasteiger partial charge in [0.05, 0.1) is 32.3 Å². The van der Waals surface area contributed by atoms with Gasteiger partial charge in [0, 0.05) is 31.6 Å². The molecule has 0 unspecified atom stereocenters. The van der Waals surface area contributed by atoms with E-state index in [1.807, 2.05) is 28.3 Å². The monoisotopic (exact) mass is 405 g/mol. The molecular weight excluding hydrogens is 378 g/mol. The fourth-order valence-corrected chi connectivity index (χ4v) is 3.73. The lowest BCUT2D eigenvalue weighted by Crippen LogP contribution is -2.40. The lowest BCUT2D eigenvalue weighted by atomic mass is 9.99. The first-order chi connectivity index (χ1) is 13.6. The number of hydrogen-bond acceptors (Lipinski definition) is 7. The van der Waals surface area contributed by atoms with Crippen LogP contribution >= 0.6 is 12.2 Å². The van der Waals surface area contributed by atoms with Crippen molar-refractivity contribution in [2.24, 2.45) is 5.92 Å². The van der Waals surface area contributed by atoms with Gasteiger partial charge in [-0.1, -0.05) is 0 Å². The van der Waals surface area contributed by atoms with Crippen LogP contribution in [0.3, 0.4) is 0 Å². The van der Waals surface area contributed by atoms with Crippen molar-refractivity contribution in [2.75, 3.05) is 33.4 Å². The number of nitrogens with zero attached hydrogens (tertiary/aromatic N) is 5. The third-order valence-corrected chi connectivity index (χ3v) is 5.27. The van der Waals surface area contributed by atoms with Gasteiger partial charge in [0.2, 0.25) is 0 Å². The molecule has 2 aromatic rings. The number of esters is 1. The van der Waals surface area contributed by atoms with Gasteiger partial charge in [-0.3, -0.25) is 19.2 Å². The van der Waals surface area contributed by atoms with Crippen LogP contribution in [-0.2, 0) is 27.5 Å². The Morgan fingerprint density at radius 3 is 2.86 bits per heavy atom. The van der Waals surface area contributed by atoms with Gasteiger partial charge in [-0.15, -0.1) is 0 Å². The zero-order chi connectivity index (χ0) is 19.9. The number of piperidine rings is 1. The Morgan fingerprint density at radius 2 is 2.14 bits per heavy atom. The Balaban J connectivity index is 1.81. The third-order valence-electron chi connectivity index (χ3n) is 4.84. The molecule has 152 valence electrons. The van der Waals surface area contributed by atoms with E-state index in [9.17, 15) is 4.79 Å². The van der Waals surface area contributed by atoms with Crippen molar-refractivity contribution in [3.63, 3.8) is 0 Å². The van der Waals surface area contributed by atoms with Crippen LogP contribution in [0.25, 0.3) is 11.4 Å². The highest BCUT2D eigenvalue weighted by atomic mass is 32.1. The molecule has 0 spiro atoms. The Bertz CT molecular complexity index is 836. The van der Waals surface area contributed by atoms with Crippen LogP contribution in [-0.4, -0.2) is 63.6 Å². The normalized spacial score (nSPS) is 17.6. The molecule has 0 bridgehead atoms. The van der Waals surface area contributed by atoms with Crippen LogP contribution in [0.1, 0.15) is 19.8 Å².